The highest BCUT2D eigenvalue weighted by atomic mass is 32.1. The number of hydrogen-bond acceptors (Lipinski definition) is 2. The number of aliphatic hydroxyl groups excluding tert-OH is 1. The molecule has 0 saturated heterocycles. The van der Waals surface area contributed by atoms with E-state index in [1.54, 1.807) is 0 Å². The second-order valence-electron chi connectivity index (χ2n) is 6.20. The lowest BCUT2D eigenvalue weighted by Gasteiger charge is -2.07. The van der Waals surface area contributed by atoms with Crippen LogP contribution in [0, 0.1) is 0 Å². The normalized spacial score (nSPS) is 14.0. The van der Waals surface area contributed by atoms with Crippen molar-refractivity contribution in [2.75, 3.05) is 0 Å². The van der Waals surface area contributed by atoms with E-state index in [2.05, 4.69) is 67.7 Å². The molecule has 1 atom stereocenters. The number of unbranched alkanes of at least 4 members (excludes halogenated alkanes) is 1. The van der Waals surface area contributed by atoms with Gasteiger partial charge in [0, 0.05) is 6.42 Å². The van der Waals surface area contributed by atoms with E-state index in [1.165, 1.54) is 0 Å². The zero-order valence-corrected chi connectivity index (χ0v) is 16.9. The molecule has 0 rings (SSSR count). The maximum absolute atomic E-state index is 9.71. The van der Waals surface area contributed by atoms with Gasteiger partial charge in [0.05, 0.1) is 6.10 Å². The maximum Gasteiger partial charge on any atom is 0.0585 e. The summed E-state index contributed by atoms with van der Waals surface area (Å²) in [7, 11) is 0. The smallest absolute Gasteiger partial charge is 0.0585 e. The molecule has 0 aliphatic heterocycles. The van der Waals surface area contributed by atoms with Crippen LogP contribution in [0.1, 0.15) is 71.6 Å². The van der Waals surface area contributed by atoms with E-state index < -0.39 is 0 Å². The Labute approximate surface area is 160 Å². The fraction of sp³-hybridized carbons (Fsp3) is 0.522. The summed E-state index contributed by atoms with van der Waals surface area (Å²) < 4.78 is 0. The summed E-state index contributed by atoms with van der Waals surface area (Å²) >= 11 is 5.00. The van der Waals surface area contributed by atoms with Crippen LogP contribution in [0.5, 0.6) is 0 Å². The largest absolute Gasteiger partial charge is 0.393 e. The summed E-state index contributed by atoms with van der Waals surface area (Å²) in [6, 6.07) is 0. The van der Waals surface area contributed by atoms with Crippen LogP contribution in [0.3, 0.4) is 0 Å². The highest BCUT2D eigenvalue weighted by molar-refractivity contribution is 7.80. The molecule has 0 saturated carbocycles. The van der Waals surface area contributed by atoms with Gasteiger partial charge in [-0.15, -0.1) is 0 Å². The van der Waals surface area contributed by atoms with Crippen LogP contribution in [0.15, 0.2) is 60.8 Å². The van der Waals surface area contributed by atoms with E-state index in [9.17, 15) is 5.11 Å². The Hall–Kier alpha value is -1.25. The van der Waals surface area contributed by atoms with Crippen LogP contribution >= 0.6 is 12.2 Å². The Kier molecular flexibility index (Phi) is 18.1. The molecule has 25 heavy (non-hydrogen) atoms. The first-order valence-electron chi connectivity index (χ1n) is 9.59. The predicted octanol–water partition coefficient (Wildman–Crippen LogP) is 7.05. The third-order valence-electron chi connectivity index (χ3n) is 3.59. The van der Waals surface area contributed by atoms with Crippen molar-refractivity contribution in [1.29, 1.82) is 0 Å². The summed E-state index contributed by atoms with van der Waals surface area (Å²) in [5, 5.41) is 9.71. The van der Waals surface area contributed by atoms with Gasteiger partial charge in [0.15, 0.2) is 0 Å². The average molecular weight is 361 g/mol. The molecule has 1 nitrogen and oxygen atoms in total. The van der Waals surface area contributed by atoms with E-state index in [1.807, 2.05) is 6.92 Å². The zero-order chi connectivity index (χ0) is 18.6. The van der Waals surface area contributed by atoms with Gasteiger partial charge in [-0.2, -0.15) is 0 Å². The first-order valence-corrected chi connectivity index (χ1v) is 10.00. The van der Waals surface area contributed by atoms with Crippen LogP contribution in [-0.4, -0.2) is 16.1 Å². The van der Waals surface area contributed by atoms with E-state index in [4.69, 9.17) is 12.2 Å². The molecular weight excluding hydrogens is 324 g/mol. The van der Waals surface area contributed by atoms with Gasteiger partial charge in [-0.05, 0) is 63.2 Å². The van der Waals surface area contributed by atoms with Crippen LogP contribution in [0.4, 0.5) is 0 Å². The molecule has 0 radical (unpaired) electrons. The molecule has 0 spiro atoms. The Balaban J connectivity index is 3.51. The van der Waals surface area contributed by atoms with Crippen LogP contribution in [0.2, 0.25) is 0 Å². The lowest BCUT2D eigenvalue weighted by molar-refractivity contribution is 0.170. The number of rotatable bonds is 15. The lowest BCUT2D eigenvalue weighted by atomic mass is 10.1. The Morgan fingerprint density at radius 1 is 0.800 bits per heavy atom. The Bertz CT molecular complexity index is 455. The van der Waals surface area contributed by atoms with E-state index in [0.29, 0.717) is 6.42 Å². The summed E-state index contributed by atoms with van der Waals surface area (Å²) in [6.45, 7) is 4.05. The average Bonchev–Trinajstić information content (AvgIpc) is 2.57. The summed E-state index contributed by atoms with van der Waals surface area (Å²) in [5.74, 6) is 0. The molecule has 0 aromatic heterocycles. The molecule has 0 aliphatic carbocycles. The number of hydrogen-bond donors (Lipinski definition) is 1. The minimum atomic E-state index is -0.264. The molecule has 0 aromatic rings. The third kappa shape index (κ3) is 20.7. The van der Waals surface area contributed by atoms with Crippen molar-refractivity contribution >= 4 is 17.1 Å². The van der Waals surface area contributed by atoms with Gasteiger partial charge >= 0.3 is 0 Å². The molecule has 1 unspecified atom stereocenters. The first kappa shape index (κ1) is 23.8. The van der Waals surface area contributed by atoms with E-state index in [0.717, 1.165) is 56.2 Å². The summed E-state index contributed by atoms with van der Waals surface area (Å²) in [5.41, 5.74) is 0. The fourth-order valence-electron chi connectivity index (χ4n) is 2.27. The molecule has 2 heteroatoms. The minimum Gasteiger partial charge on any atom is -0.393 e. The minimum absolute atomic E-state index is 0.264. The van der Waals surface area contributed by atoms with Crippen LogP contribution in [-0.2, 0) is 0 Å². The zero-order valence-electron chi connectivity index (χ0n) is 16.1. The van der Waals surface area contributed by atoms with Gasteiger partial charge in [0.2, 0.25) is 0 Å². The van der Waals surface area contributed by atoms with Crippen LogP contribution < -0.4 is 0 Å². The van der Waals surface area contributed by atoms with Crippen molar-refractivity contribution in [1.82, 2.24) is 0 Å². The molecule has 0 fully saturated rings. The third-order valence-corrected chi connectivity index (χ3v) is 3.76. The number of allylic oxidation sites excluding steroid dienone is 10. The standard InChI is InChI=1S/C23H36OS/c1-3-4-5-6-7-8-9-10-11-12-13-14-15-16-17-18-19-20-23(24)21-22(2)25/h4-5,7-8,10-11,13-14,16-17,23-24H,3,6,9,12,15,18-21H2,1-2H3/b5-4-,8-7-,11-10-,14-13-,17-16-. The predicted molar refractivity (Wildman–Crippen MR) is 117 cm³/mol. The molecular formula is C23H36OS. The van der Waals surface area contributed by atoms with Gasteiger partial charge in [-0.1, -0.05) is 79.9 Å². The van der Waals surface area contributed by atoms with Gasteiger partial charge in [0.1, 0.15) is 0 Å². The first-order chi connectivity index (χ1) is 12.2. The van der Waals surface area contributed by atoms with Crippen molar-refractivity contribution in [3.8, 4) is 0 Å². The van der Waals surface area contributed by atoms with Crippen molar-refractivity contribution in [2.24, 2.45) is 0 Å². The van der Waals surface area contributed by atoms with Crippen molar-refractivity contribution in [3.05, 3.63) is 60.8 Å². The van der Waals surface area contributed by atoms with Gasteiger partial charge in [-0.3, -0.25) is 0 Å². The molecule has 0 amide bonds. The van der Waals surface area contributed by atoms with Crippen molar-refractivity contribution < 1.29 is 5.11 Å². The van der Waals surface area contributed by atoms with Crippen molar-refractivity contribution in [3.63, 3.8) is 0 Å². The SMILES string of the molecule is CC/C=C\C/C=C\C/C=C\C/C=C\C/C=C\CCCC(O)CC(C)=S. The van der Waals surface area contributed by atoms with E-state index in [-0.39, 0.29) is 6.10 Å². The second-order valence-corrected chi connectivity index (χ2v) is 6.90. The Morgan fingerprint density at radius 3 is 1.68 bits per heavy atom. The maximum atomic E-state index is 9.71. The van der Waals surface area contributed by atoms with Gasteiger partial charge in [-0.25, -0.2) is 0 Å². The Morgan fingerprint density at radius 2 is 1.24 bits per heavy atom. The van der Waals surface area contributed by atoms with Gasteiger partial charge in [0.25, 0.3) is 0 Å². The second kappa shape index (κ2) is 19.1. The molecule has 0 heterocycles. The topological polar surface area (TPSA) is 20.2 Å². The highest BCUT2D eigenvalue weighted by Crippen LogP contribution is 2.06. The molecule has 0 aromatic carbocycles. The van der Waals surface area contributed by atoms with Gasteiger partial charge < -0.3 is 5.11 Å². The number of thiocarbonyl (C=S) groups is 1. The molecule has 1 N–H and O–H groups in total. The monoisotopic (exact) mass is 360 g/mol. The van der Waals surface area contributed by atoms with Crippen LogP contribution in [0.25, 0.3) is 0 Å². The van der Waals surface area contributed by atoms with Crippen molar-refractivity contribution in [2.45, 2.75) is 77.7 Å². The number of aliphatic hydroxyl groups is 1. The fourth-order valence-corrected chi connectivity index (χ4v) is 2.47. The lowest BCUT2D eigenvalue weighted by Crippen LogP contribution is -2.09. The molecule has 0 bridgehead atoms. The molecule has 140 valence electrons. The molecule has 0 aliphatic rings. The van der Waals surface area contributed by atoms with E-state index >= 15 is 0 Å². The summed E-state index contributed by atoms with van der Waals surface area (Å²) in [4.78, 5) is 0.891. The highest BCUT2D eigenvalue weighted by Gasteiger charge is 2.03. The quantitative estimate of drug-likeness (QED) is 0.192. The summed E-state index contributed by atoms with van der Waals surface area (Å²) in [6.07, 6.45) is 30.5.